The molecular formula is C17H19N3Na2O10S4. The molecular weight excluding hydrogens is 580 g/mol. The molecule has 188 valence electrons. The number of hydrogen-bond donors (Lipinski definition) is 2. The van der Waals surface area contributed by atoms with E-state index < -0.39 is 50.3 Å². The molecule has 36 heavy (non-hydrogen) atoms. The average molecular weight is 600 g/mol. The van der Waals surface area contributed by atoms with Crippen LogP contribution in [0.1, 0.15) is 11.1 Å². The van der Waals surface area contributed by atoms with Gasteiger partial charge in [-0.3, -0.25) is 9.44 Å². The van der Waals surface area contributed by atoms with Gasteiger partial charge in [-0.05, 0) is 35.4 Å². The first-order valence-electron chi connectivity index (χ1n) is 8.86. The fourth-order valence-corrected chi connectivity index (χ4v) is 5.09. The summed E-state index contributed by atoms with van der Waals surface area (Å²) in [5.41, 5.74) is -0.871. The van der Waals surface area contributed by atoms with Crippen LogP contribution in [0.25, 0.3) is 12.2 Å². The fraction of sp³-hybridized carbons (Fsp3) is 0.176. The number of benzene rings is 2. The van der Waals surface area contributed by atoms with Crippen molar-refractivity contribution >= 4 is 64.0 Å². The summed E-state index contributed by atoms with van der Waals surface area (Å²) in [4.78, 5) is -1.62. The number of nitrogens with zero attached hydrogens (tertiary/aromatic N) is 1. The largest absolute Gasteiger partial charge is 1.00 e. The van der Waals surface area contributed by atoms with Gasteiger partial charge in [-0.15, -0.1) is 0 Å². The molecule has 2 aromatic carbocycles. The first-order valence-corrected chi connectivity index (χ1v) is 15.0. The molecule has 0 fully saturated rings. The molecule has 0 bridgehead atoms. The maximum atomic E-state index is 11.9. The third kappa shape index (κ3) is 10.3. The van der Waals surface area contributed by atoms with E-state index in [1.165, 1.54) is 26.2 Å². The standard InChI is InChI=1S/C17H21N3O10S4.2Na/c1-20(2)34(29,30)19-15-9-7-13(17(11-15)33(26,27)28)5-4-12-6-8-14(18-31(3,21)22)10-16(12)32(23,24)25;;/h4-11,18-19H,1-3H3,(H,23,24,25)(H,26,27,28);;/q;2*+1/p-2. The summed E-state index contributed by atoms with van der Waals surface area (Å²) >= 11 is 0. The second kappa shape index (κ2) is 13.0. The minimum absolute atomic E-state index is 0. The summed E-state index contributed by atoms with van der Waals surface area (Å²) in [5.74, 6) is 0. The van der Waals surface area contributed by atoms with E-state index in [4.69, 9.17) is 0 Å². The van der Waals surface area contributed by atoms with Gasteiger partial charge in [0, 0.05) is 19.8 Å². The Morgan fingerprint density at radius 3 is 1.36 bits per heavy atom. The van der Waals surface area contributed by atoms with Crippen molar-refractivity contribution in [2.45, 2.75) is 9.79 Å². The molecule has 19 heteroatoms. The Bertz CT molecular complexity index is 1570. The van der Waals surface area contributed by atoms with Gasteiger partial charge >= 0.3 is 69.3 Å². The normalized spacial score (nSPS) is 12.6. The number of sulfonamides is 1. The van der Waals surface area contributed by atoms with Crippen molar-refractivity contribution in [1.82, 2.24) is 4.31 Å². The van der Waals surface area contributed by atoms with Crippen molar-refractivity contribution < 1.29 is 102 Å². The van der Waals surface area contributed by atoms with E-state index in [0.29, 0.717) is 0 Å². The maximum absolute atomic E-state index is 11.9. The van der Waals surface area contributed by atoms with Gasteiger partial charge in [0.25, 0.3) is 0 Å². The molecule has 0 unspecified atom stereocenters. The van der Waals surface area contributed by atoms with Crippen LogP contribution in [0, 0.1) is 0 Å². The molecule has 13 nitrogen and oxygen atoms in total. The van der Waals surface area contributed by atoms with E-state index in [2.05, 4.69) is 4.72 Å². The Kier molecular flexibility index (Phi) is 12.8. The molecule has 2 rings (SSSR count). The number of nitrogens with one attached hydrogen (secondary N) is 2. The van der Waals surface area contributed by atoms with E-state index in [1.54, 1.807) is 0 Å². The number of hydrogen-bond acceptors (Lipinski definition) is 10. The van der Waals surface area contributed by atoms with E-state index in [9.17, 15) is 42.8 Å². The van der Waals surface area contributed by atoms with E-state index in [0.717, 1.165) is 47.0 Å². The molecule has 0 heterocycles. The van der Waals surface area contributed by atoms with E-state index >= 15 is 0 Å². The monoisotopic (exact) mass is 599 g/mol. The zero-order valence-electron chi connectivity index (χ0n) is 19.8. The molecule has 2 N–H and O–H groups in total. The molecule has 0 aromatic heterocycles. The average Bonchev–Trinajstić information content (AvgIpc) is 2.64. The van der Waals surface area contributed by atoms with Crippen LogP contribution in [0.3, 0.4) is 0 Å². The summed E-state index contributed by atoms with van der Waals surface area (Å²) in [7, 11) is -15.5. The van der Waals surface area contributed by atoms with Crippen LogP contribution in [0.15, 0.2) is 46.2 Å². The zero-order valence-corrected chi connectivity index (χ0v) is 27.0. The molecule has 0 spiro atoms. The van der Waals surface area contributed by atoms with Crippen molar-refractivity contribution in [2.75, 3.05) is 29.8 Å². The maximum Gasteiger partial charge on any atom is 1.00 e. The quantitative estimate of drug-likeness (QED) is 0.158. The van der Waals surface area contributed by atoms with Crippen LogP contribution in [0.4, 0.5) is 11.4 Å². The van der Waals surface area contributed by atoms with E-state index in [1.807, 2.05) is 4.72 Å². The van der Waals surface area contributed by atoms with Crippen molar-refractivity contribution in [3.05, 3.63) is 47.5 Å². The van der Waals surface area contributed by atoms with Gasteiger partial charge in [0.1, 0.15) is 20.2 Å². The van der Waals surface area contributed by atoms with E-state index in [-0.39, 0.29) is 81.6 Å². The van der Waals surface area contributed by atoms with Crippen molar-refractivity contribution in [1.29, 1.82) is 0 Å². The second-order valence-corrected chi connectivity index (χ2v) is 13.3. The smallest absolute Gasteiger partial charge is 0.744 e. The molecule has 2 aromatic rings. The van der Waals surface area contributed by atoms with Crippen LogP contribution in [-0.2, 0) is 40.5 Å². The molecule has 0 radical (unpaired) electrons. The summed E-state index contributed by atoms with van der Waals surface area (Å²) in [6.07, 6.45) is 2.88. The third-order valence-electron chi connectivity index (χ3n) is 4.04. The van der Waals surface area contributed by atoms with Gasteiger partial charge < -0.3 is 9.11 Å². The zero-order chi connectivity index (χ0) is 26.1. The van der Waals surface area contributed by atoms with Crippen molar-refractivity contribution in [2.24, 2.45) is 0 Å². The molecule has 0 aliphatic carbocycles. The summed E-state index contributed by atoms with van der Waals surface area (Å²) in [6, 6.07) is 6.10. The predicted octanol–water partition coefficient (Wildman–Crippen LogP) is -5.74. The van der Waals surface area contributed by atoms with Crippen molar-refractivity contribution in [3.63, 3.8) is 0 Å². The van der Waals surface area contributed by atoms with Gasteiger partial charge in [-0.2, -0.15) is 12.7 Å². The Morgan fingerprint density at radius 1 is 0.694 bits per heavy atom. The Hall–Kier alpha value is -0.540. The first kappa shape index (κ1) is 35.5. The minimum atomic E-state index is -5.11. The van der Waals surface area contributed by atoms with Crippen LogP contribution in [-0.4, -0.2) is 67.4 Å². The van der Waals surface area contributed by atoms with Crippen molar-refractivity contribution in [3.8, 4) is 0 Å². The topological polar surface area (TPSA) is 210 Å². The molecule has 0 aliphatic heterocycles. The summed E-state index contributed by atoms with van der Waals surface area (Å²) < 4.78 is 122. The van der Waals surface area contributed by atoms with Crippen LogP contribution >= 0.6 is 0 Å². The fourth-order valence-electron chi connectivity index (χ4n) is 2.54. The first-order chi connectivity index (χ1) is 15.3. The van der Waals surface area contributed by atoms with Crippen LogP contribution in [0.5, 0.6) is 0 Å². The third-order valence-corrected chi connectivity index (χ3v) is 7.89. The van der Waals surface area contributed by atoms with Gasteiger partial charge in [-0.25, -0.2) is 25.3 Å². The Balaban J connectivity index is 0.00000612. The molecule has 0 saturated heterocycles. The number of rotatable bonds is 9. The van der Waals surface area contributed by atoms with Gasteiger partial charge in [0.2, 0.25) is 10.0 Å². The Labute approximate surface area is 254 Å². The van der Waals surface area contributed by atoms with Gasteiger partial charge in [0.05, 0.1) is 21.7 Å². The molecule has 0 aliphatic rings. The summed E-state index contributed by atoms with van der Waals surface area (Å²) in [6.45, 7) is 0. The molecule has 0 saturated carbocycles. The SMILES string of the molecule is CN(C)S(=O)(=O)Nc1ccc(C=Cc2ccc(NS(C)(=O)=O)cc2S(=O)(=O)[O-])c(S(=O)(=O)[O-])c1.[Na+].[Na+]. The predicted molar refractivity (Wildman–Crippen MR) is 122 cm³/mol. The van der Waals surface area contributed by atoms with Crippen LogP contribution in [0.2, 0.25) is 0 Å². The van der Waals surface area contributed by atoms with Gasteiger partial charge in [-0.1, -0.05) is 24.3 Å². The molecule has 0 amide bonds. The Morgan fingerprint density at radius 2 is 1.06 bits per heavy atom. The number of anilines is 2. The molecule has 0 atom stereocenters. The van der Waals surface area contributed by atoms with Gasteiger partial charge in [0.15, 0.2) is 0 Å². The van der Waals surface area contributed by atoms with Crippen LogP contribution < -0.4 is 68.6 Å². The second-order valence-electron chi connectivity index (χ2n) is 7.01. The minimum Gasteiger partial charge on any atom is -0.744 e. The summed E-state index contributed by atoms with van der Waals surface area (Å²) in [5, 5.41) is 0.